The van der Waals surface area contributed by atoms with Crippen LogP contribution in [0.3, 0.4) is 0 Å². The van der Waals surface area contributed by atoms with Gasteiger partial charge >= 0.3 is 0 Å². The third-order valence-electron chi connectivity index (χ3n) is 5.37. The number of carbonyl (C=O) groups excluding carboxylic acids is 1. The number of rotatable bonds is 7. The van der Waals surface area contributed by atoms with Gasteiger partial charge in [0.1, 0.15) is 5.82 Å². The summed E-state index contributed by atoms with van der Waals surface area (Å²) in [7, 11) is 0. The van der Waals surface area contributed by atoms with E-state index in [1.54, 1.807) is 0 Å². The van der Waals surface area contributed by atoms with E-state index in [0.717, 1.165) is 48.3 Å². The van der Waals surface area contributed by atoms with Gasteiger partial charge in [-0.1, -0.05) is 60.3 Å². The van der Waals surface area contributed by atoms with Crippen LogP contribution in [0.4, 0.5) is 0 Å². The summed E-state index contributed by atoms with van der Waals surface area (Å²) in [5.41, 5.74) is 3.51. The fraction of sp³-hybridized carbons (Fsp3) is 0.348. The van der Waals surface area contributed by atoms with Crippen molar-refractivity contribution < 1.29 is 4.79 Å². The number of likely N-dealkylation sites (tertiary alicyclic amines) is 1. The van der Waals surface area contributed by atoms with Gasteiger partial charge in [0, 0.05) is 25.7 Å². The number of nitrogens with zero attached hydrogens (tertiary/aromatic N) is 4. The zero-order valence-electron chi connectivity index (χ0n) is 17.4. The molecule has 0 spiro atoms. The van der Waals surface area contributed by atoms with E-state index in [2.05, 4.69) is 63.7 Å². The first-order valence-corrected chi connectivity index (χ1v) is 11.2. The molecule has 1 unspecified atom stereocenters. The summed E-state index contributed by atoms with van der Waals surface area (Å²) in [4.78, 5) is 14.9. The van der Waals surface area contributed by atoms with Crippen molar-refractivity contribution in [2.24, 2.45) is 0 Å². The number of para-hydroxylation sites is 1. The monoisotopic (exact) mass is 421 g/mol. The Morgan fingerprint density at radius 2 is 1.87 bits per heavy atom. The lowest BCUT2D eigenvalue weighted by Crippen LogP contribution is -2.38. The van der Waals surface area contributed by atoms with E-state index in [1.807, 2.05) is 29.7 Å². The van der Waals surface area contributed by atoms with Gasteiger partial charge in [0.25, 0.3) is 0 Å². The van der Waals surface area contributed by atoms with Crippen molar-refractivity contribution in [2.75, 3.05) is 18.8 Å². The van der Waals surface area contributed by atoms with Gasteiger partial charge in [0.05, 0.1) is 11.4 Å². The van der Waals surface area contributed by atoms with Gasteiger partial charge in [0.2, 0.25) is 5.91 Å². The van der Waals surface area contributed by atoms with Crippen molar-refractivity contribution in [1.29, 1.82) is 0 Å². The average molecular weight is 422 g/mol. The first-order valence-electron chi connectivity index (χ1n) is 10.3. The van der Waals surface area contributed by atoms with Crippen molar-refractivity contribution in [3.8, 4) is 5.69 Å². The van der Waals surface area contributed by atoms with E-state index < -0.39 is 0 Å². The van der Waals surface area contributed by atoms with Crippen LogP contribution in [0.1, 0.15) is 23.4 Å². The molecule has 1 aromatic heterocycles. The van der Waals surface area contributed by atoms with Gasteiger partial charge in [-0.15, -0.1) is 10.2 Å². The second-order valence-electron chi connectivity index (χ2n) is 7.71. The summed E-state index contributed by atoms with van der Waals surface area (Å²) < 4.78 is 2.02. The third-order valence-corrected chi connectivity index (χ3v) is 6.30. The second kappa shape index (κ2) is 9.45. The molecule has 156 valence electrons. The average Bonchev–Trinajstić information content (AvgIpc) is 3.33. The van der Waals surface area contributed by atoms with Crippen molar-refractivity contribution in [3.05, 3.63) is 71.5 Å². The predicted molar refractivity (Wildman–Crippen MR) is 120 cm³/mol. The van der Waals surface area contributed by atoms with Gasteiger partial charge in [-0.2, -0.15) is 0 Å². The fourth-order valence-corrected chi connectivity index (χ4v) is 4.66. The molecule has 4 rings (SSSR count). The molecular formula is C23H27N5OS. The number of hydrogen-bond donors (Lipinski definition) is 1. The highest BCUT2D eigenvalue weighted by molar-refractivity contribution is 7.99. The standard InChI is InChI=1S/C23H27N5OS/c1-17-8-6-7-11-21(17)28-18(2)25-26-23(28)30-16-22(29)24-20-12-13-27(15-20)14-19-9-4-3-5-10-19/h3-11,20H,12-16H2,1-2H3,(H,24,29). The van der Waals surface area contributed by atoms with Crippen LogP contribution in [0.2, 0.25) is 0 Å². The lowest BCUT2D eigenvalue weighted by molar-refractivity contribution is -0.119. The highest BCUT2D eigenvalue weighted by Gasteiger charge is 2.24. The summed E-state index contributed by atoms with van der Waals surface area (Å²) in [6.07, 6.45) is 0.988. The second-order valence-corrected chi connectivity index (χ2v) is 8.66. The van der Waals surface area contributed by atoms with E-state index in [0.29, 0.717) is 5.75 Å². The van der Waals surface area contributed by atoms with Crippen LogP contribution in [0.15, 0.2) is 59.8 Å². The molecular weight excluding hydrogens is 394 g/mol. The first-order chi connectivity index (χ1) is 14.6. The number of aromatic nitrogens is 3. The van der Waals surface area contributed by atoms with Crippen molar-refractivity contribution >= 4 is 17.7 Å². The minimum absolute atomic E-state index is 0.0450. The van der Waals surface area contributed by atoms with Gasteiger partial charge in [0.15, 0.2) is 5.16 Å². The summed E-state index contributed by atoms with van der Waals surface area (Å²) >= 11 is 1.43. The van der Waals surface area contributed by atoms with Crippen LogP contribution in [-0.4, -0.2) is 50.5 Å². The summed E-state index contributed by atoms with van der Waals surface area (Å²) in [5.74, 6) is 1.20. The molecule has 1 fully saturated rings. The van der Waals surface area contributed by atoms with Crippen LogP contribution in [0, 0.1) is 13.8 Å². The normalized spacial score (nSPS) is 16.7. The Morgan fingerprint density at radius 1 is 1.10 bits per heavy atom. The Bertz CT molecular complexity index is 1000. The fourth-order valence-electron chi connectivity index (χ4n) is 3.86. The maximum atomic E-state index is 12.6. The first kappa shape index (κ1) is 20.6. The molecule has 0 radical (unpaired) electrons. The smallest absolute Gasteiger partial charge is 0.230 e. The van der Waals surface area contributed by atoms with E-state index in [1.165, 1.54) is 17.3 Å². The van der Waals surface area contributed by atoms with Crippen LogP contribution in [0.5, 0.6) is 0 Å². The Kier molecular flexibility index (Phi) is 6.50. The molecule has 0 bridgehead atoms. The molecule has 0 saturated carbocycles. The number of nitrogens with one attached hydrogen (secondary N) is 1. The number of benzene rings is 2. The SMILES string of the molecule is Cc1ccccc1-n1c(C)nnc1SCC(=O)NC1CCN(Cc2ccccc2)C1. The Labute approximate surface area is 181 Å². The van der Waals surface area contributed by atoms with Crippen molar-refractivity contribution in [1.82, 2.24) is 25.0 Å². The van der Waals surface area contributed by atoms with Crippen molar-refractivity contribution in [3.63, 3.8) is 0 Å². The number of hydrogen-bond acceptors (Lipinski definition) is 5. The number of carbonyl (C=O) groups is 1. The quantitative estimate of drug-likeness (QED) is 0.593. The molecule has 1 aliphatic rings. The summed E-state index contributed by atoms with van der Waals surface area (Å²) in [5, 5.41) is 12.4. The maximum absolute atomic E-state index is 12.6. The molecule has 1 amide bonds. The summed E-state index contributed by atoms with van der Waals surface area (Å²) in [6, 6.07) is 18.8. The third kappa shape index (κ3) is 4.91. The number of thioether (sulfide) groups is 1. The molecule has 2 heterocycles. The molecule has 1 N–H and O–H groups in total. The topological polar surface area (TPSA) is 63.1 Å². The lowest BCUT2D eigenvalue weighted by atomic mass is 10.2. The van der Waals surface area contributed by atoms with E-state index in [4.69, 9.17) is 0 Å². The minimum atomic E-state index is 0.0450. The molecule has 0 aliphatic carbocycles. The number of amides is 1. The highest BCUT2D eigenvalue weighted by atomic mass is 32.2. The Balaban J connectivity index is 1.31. The zero-order valence-corrected chi connectivity index (χ0v) is 18.2. The van der Waals surface area contributed by atoms with Gasteiger partial charge in [-0.3, -0.25) is 14.3 Å². The molecule has 30 heavy (non-hydrogen) atoms. The summed E-state index contributed by atoms with van der Waals surface area (Å²) in [6.45, 7) is 6.83. The largest absolute Gasteiger partial charge is 0.351 e. The van der Waals surface area contributed by atoms with E-state index in [-0.39, 0.29) is 11.9 Å². The zero-order chi connectivity index (χ0) is 20.9. The molecule has 3 aromatic rings. The van der Waals surface area contributed by atoms with Crippen molar-refractivity contribution in [2.45, 2.75) is 38.0 Å². The molecule has 2 aromatic carbocycles. The molecule has 1 saturated heterocycles. The Morgan fingerprint density at radius 3 is 2.67 bits per heavy atom. The van der Waals surface area contributed by atoms with Gasteiger partial charge in [-0.25, -0.2) is 0 Å². The molecule has 1 atom stereocenters. The molecule has 1 aliphatic heterocycles. The van der Waals surface area contributed by atoms with Gasteiger partial charge in [-0.05, 0) is 37.5 Å². The van der Waals surface area contributed by atoms with Crippen LogP contribution in [0.25, 0.3) is 5.69 Å². The van der Waals surface area contributed by atoms with Crippen LogP contribution < -0.4 is 5.32 Å². The van der Waals surface area contributed by atoms with Crippen LogP contribution in [-0.2, 0) is 11.3 Å². The van der Waals surface area contributed by atoms with Gasteiger partial charge < -0.3 is 5.32 Å². The minimum Gasteiger partial charge on any atom is -0.351 e. The van der Waals surface area contributed by atoms with Crippen LogP contribution >= 0.6 is 11.8 Å². The number of aryl methyl sites for hydroxylation is 2. The predicted octanol–water partition coefficient (Wildman–Crippen LogP) is 3.37. The Hall–Kier alpha value is -2.64. The molecule has 6 nitrogen and oxygen atoms in total. The lowest BCUT2D eigenvalue weighted by Gasteiger charge is -2.17. The molecule has 7 heteroatoms. The maximum Gasteiger partial charge on any atom is 0.230 e. The van der Waals surface area contributed by atoms with E-state index >= 15 is 0 Å². The highest BCUT2D eigenvalue weighted by Crippen LogP contribution is 2.24. The van der Waals surface area contributed by atoms with E-state index in [9.17, 15) is 4.79 Å².